The van der Waals surface area contributed by atoms with E-state index in [1.54, 1.807) is 17.4 Å². The quantitative estimate of drug-likeness (QED) is 0.645. The third kappa shape index (κ3) is 5.78. The number of aromatic nitrogens is 1. The second-order valence-corrected chi connectivity index (χ2v) is 5.61. The van der Waals surface area contributed by atoms with Crippen LogP contribution in [0.15, 0.2) is 34.6 Å². The fourth-order valence-corrected chi connectivity index (χ4v) is 2.42. The second-order valence-electron chi connectivity index (χ2n) is 4.54. The Balaban J connectivity index is 1.96. The minimum absolute atomic E-state index is 0.00942. The van der Waals surface area contributed by atoms with E-state index in [2.05, 4.69) is 20.0 Å². The standard InChI is InChI=1S/C14H15F3N4OS/c1-9-20-10(8-23-9)6-7-19-13(18)21-11-4-2-3-5-12(11)22-14(15,16)17/h2-5,8H,6-7H2,1H3,(H3,18,19,21). The van der Waals surface area contributed by atoms with E-state index in [1.807, 2.05) is 12.3 Å². The van der Waals surface area contributed by atoms with Crippen molar-refractivity contribution in [2.24, 2.45) is 10.7 Å². The monoisotopic (exact) mass is 344 g/mol. The van der Waals surface area contributed by atoms with Crippen LogP contribution in [-0.4, -0.2) is 23.9 Å². The number of para-hydroxylation sites is 2. The summed E-state index contributed by atoms with van der Waals surface area (Å²) < 4.78 is 40.9. The summed E-state index contributed by atoms with van der Waals surface area (Å²) in [4.78, 5) is 8.36. The number of ether oxygens (including phenoxy) is 1. The lowest BCUT2D eigenvalue weighted by atomic mass is 10.3. The normalized spacial score (nSPS) is 12.3. The van der Waals surface area contributed by atoms with Gasteiger partial charge >= 0.3 is 6.36 Å². The molecule has 0 saturated carbocycles. The van der Waals surface area contributed by atoms with Gasteiger partial charge < -0.3 is 15.8 Å². The maximum Gasteiger partial charge on any atom is 0.573 e. The molecular weight excluding hydrogens is 329 g/mol. The Morgan fingerprint density at radius 3 is 2.78 bits per heavy atom. The summed E-state index contributed by atoms with van der Waals surface area (Å²) >= 11 is 1.54. The van der Waals surface area contributed by atoms with Crippen LogP contribution in [0.5, 0.6) is 5.75 Å². The number of nitrogens with one attached hydrogen (secondary N) is 1. The molecule has 0 aliphatic rings. The Hall–Kier alpha value is -2.29. The van der Waals surface area contributed by atoms with Crippen molar-refractivity contribution in [2.75, 3.05) is 11.9 Å². The molecule has 0 aliphatic heterocycles. The van der Waals surface area contributed by atoms with Gasteiger partial charge in [0.1, 0.15) is 0 Å². The Bertz CT molecular complexity index is 685. The first kappa shape index (κ1) is 17.1. The van der Waals surface area contributed by atoms with Gasteiger partial charge in [-0.15, -0.1) is 24.5 Å². The Kier molecular flexibility index (Phi) is 5.43. The zero-order valence-corrected chi connectivity index (χ0v) is 13.0. The smallest absolute Gasteiger partial charge is 0.404 e. The molecule has 9 heteroatoms. The number of rotatable bonds is 5. The van der Waals surface area contributed by atoms with Crippen molar-refractivity contribution in [3.63, 3.8) is 0 Å². The van der Waals surface area contributed by atoms with Crippen molar-refractivity contribution in [2.45, 2.75) is 19.7 Å². The third-order valence-corrected chi connectivity index (χ3v) is 3.51. The molecule has 2 aromatic rings. The number of hydrogen-bond acceptors (Lipinski definition) is 4. The van der Waals surface area contributed by atoms with Crippen LogP contribution in [0.4, 0.5) is 18.9 Å². The minimum atomic E-state index is -4.77. The number of aliphatic imine (C=N–C) groups is 1. The average molecular weight is 344 g/mol. The first-order valence-corrected chi connectivity index (χ1v) is 7.54. The van der Waals surface area contributed by atoms with Gasteiger partial charge in [-0.2, -0.15) is 0 Å². The van der Waals surface area contributed by atoms with Gasteiger partial charge in [0.25, 0.3) is 0 Å². The number of aryl methyl sites for hydroxylation is 1. The van der Waals surface area contributed by atoms with Crippen LogP contribution in [0.3, 0.4) is 0 Å². The number of thiazole rings is 1. The van der Waals surface area contributed by atoms with Crippen LogP contribution < -0.4 is 15.8 Å². The van der Waals surface area contributed by atoms with Crippen LogP contribution in [0.25, 0.3) is 0 Å². The number of alkyl halides is 3. The summed E-state index contributed by atoms with van der Waals surface area (Å²) in [5.41, 5.74) is 6.69. The molecule has 124 valence electrons. The highest BCUT2D eigenvalue weighted by Gasteiger charge is 2.32. The van der Waals surface area contributed by atoms with E-state index in [9.17, 15) is 13.2 Å². The molecule has 0 atom stereocenters. The largest absolute Gasteiger partial charge is 0.573 e. The Morgan fingerprint density at radius 1 is 1.39 bits per heavy atom. The molecule has 0 amide bonds. The van der Waals surface area contributed by atoms with Gasteiger partial charge in [0.05, 0.1) is 16.4 Å². The summed E-state index contributed by atoms with van der Waals surface area (Å²) in [5, 5.41) is 5.51. The lowest BCUT2D eigenvalue weighted by molar-refractivity contribution is -0.274. The highest BCUT2D eigenvalue weighted by molar-refractivity contribution is 7.09. The molecular formula is C14H15F3N4OS. The number of anilines is 1. The van der Waals surface area contributed by atoms with Gasteiger partial charge in [0.15, 0.2) is 11.7 Å². The fourth-order valence-electron chi connectivity index (χ4n) is 1.78. The minimum Gasteiger partial charge on any atom is -0.404 e. The Morgan fingerprint density at radius 2 is 2.13 bits per heavy atom. The topological polar surface area (TPSA) is 72.5 Å². The van der Waals surface area contributed by atoms with Gasteiger partial charge in [0.2, 0.25) is 0 Å². The van der Waals surface area contributed by atoms with E-state index in [1.165, 1.54) is 18.2 Å². The number of nitrogens with zero attached hydrogens (tertiary/aromatic N) is 2. The van der Waals surface area contributed by atoms with Gasteiger partial charge in [-0.1, -0.05) is 12.1 Å². The second kappa shape index (κ2) is 7.32. The number of halogens is 3. The highest BCUT2D eigenvalue weighted by atomic mass is 32.1. The molecule has 0 radical (unpaired) electrons. The van der Waals surface area contributed by atoms with E-state index < -0.39 is 6.36 Å². The van der Waals surface area contributed by atoms with Crippen LogP contribution in [0.2, 0.25) is 0 Å². The van der Waals surface area contributed by atoms with Crippen molar-refractivity contribution in [1.82, 2.24) is 4.98 Å². The van der Waals surface area contributed by atoms with Crippen LogP contribution in [0.1, 0.15) is 10.7 Å². The molecule has 23 heavy (non-hydrogen) atoms. The molecule has 2 rings (SSSR count). The van der Waals surface area contributed by atoms with Gasteiger partial charge in [-0.3, -0.25) is 4.99 Å². The summed E-state index contributed by atoms with van der Waals surface area (Å²) in [5.74, 6) is -0.358. The first-order valence-electron chi connectivity index (χ1n) is 6.66. The molecule has 0 fully saturated rings. The van der Waals surface area contributed by atoms with E-state index in [-0.39, 0.29) is 17.4 Å². The molecule has 5 nitrogen and oxygen atoms in total. The molecule has 0 unspecified atom stereocenters. The number of nitrogens with two attached hydrogens (primary N) is 1. The molecule has 0 spiro atoms. The van der Waals surface area contributed by atoms with Crippen molar-refractivity contribution >= 4 is 23.0 Å². The van der Waals surface area contributed by atoms with Gasteiger partial charge in [0, 0.05) is 18.3 Å². The SMILES string of the molecule is Cc1nc(CCN=C(N)Nc2ccccc2OC(F)(F)F)cs1. The van der Waals surface area contributed by atoms with Crippen molar-refractivity contribution in [1.29, 1.82) is 0 Å². The van der Waals surface area contributed by atoms with Crippen LogP contribution >= 0.6 is 11.3 Å². The first-order chi connectivity index (χ1) is 10.8. The van der Waals surface area contributed by atoms with E-state index in [4.69, 9.17) is 5.73 Å². The van der Waals surface area contributed by atoms with Gasteiger partial charge in [-0.25, -0.2) is 4.98 Å². The van der Waals surface area contributed by atoms with Crippen LogP contribution in [0, 0.1) is 6.92 Å². The third-order valence-electron chi connectivity index (χ3n) is 2.69. The lowest BCUT2D eigenvalue weighted by Crippen LogP contribution is -2.24. The zero-order chi connectivity index (χ0) is 16.9. The number of guanidine groups is 1. The summed E-state index contributed by atoms with van der Waals surface area (Å²) in [6.45, 7) is 2.29. The molecule has 0 saturated heterocycles. The molecule has 0 bridgehead atoms. The molecule has 1 aromatic heterocycles. The van der Waals surface area contributed by atoms with Crippen molar-refractivity contribution < 1.29 is 17.9 Å². The predicted octanol–water partition coefficient (Wildman–Crippen LogP) is 3.32. The molecule has 0 aliphatic carbocycles. The van der Waals surface area contributed by atoms with Crippen LogP contribution in [-0.2, 0) is 6.42 Å². The Labute approximate surface area is 135 Å². The van der Waals surface area contributed by atoms with E-state index in [0.29, 0.717) is 13.0 Å². The van der Waals surface area contributed by atoms with Crippen molar-refractivity contribution in [3.8, 4) is 5.75 Å². The summed E-state index contributed by atoms with van der Waals surface area (Å²) in [6.07, 6.45) is -4.17. The number of benzene rings is 1. The van der Waals surface area contributed by atoms with E-state index >= 15 is 0 Å². The van der Waals surface area contributed by atoms with Crippen molar-refractivity contribution in [3.05, 3.63) is 40.3 Å². The lowest BCUT2D eigenvalue weighted by Gasteiger charge is -2.14. The highest BCUT2D eigenvalue weighted by Crippen LogP contribution is 2.29. The van der Waals surface area contributed by atoms with E-state index in [0.717, 1.165) is 10.7 Å². The molecule has 3 N–H and O–H groups in total. The molecule has 1 heterocycles. The summed E-state index contributed by atoms with van der Waals surface area (Å²) in [6, 6.07) is 5.62. The zero-order valence-electron chi connectivity index (χ0n) is 12.2. The fraction of sp³-hybridized carbons (Fsp3) is 0.286. The maximum absolute atomic E-state index is 12.3. The average Bonchev–Trinajstić information content (AvgIpc) is 2.85. The summed E-state index contributed by atoms with van der Waals surface area (Å²) in [7, 11) is 0. The maximum atomic E-state index is 12.3. The number of hydrogen-bond donors (Lipinski definition) is 2. The van der Waals surface area contributed by atoms with Gasteiger partial charge in [-0.05, 0) is 19.1 Å². The predicted molar refractivity (Wildman–Crippen MR) is 83.8 cm³/mol. The molecule has 1 aromatic carbocycles.